The second kappa shape index (κ2) is 6.71. The van der Waals surface area contributed by atoms with Crippen LogP contribution < -0.4 is 5.73 Å². The second-order valence-electron chi connectivity index (χ2n) is 6.23. The van der Waals surface area contributed by atoms with Gasteiger partial charge in [0.05, 0.1) is 0 Å². The quantitative estimate of drug-likeness (QED) is 0.886. The summed E-state index contributed by atoms with van der Waals surface area (Å²) in [5.74, 6) is 0.123. The Morgan fingerprint density at radius 2 is 1.84 bits per heavy atom. The van der Waals surface area contributed by atoms with Crippen LogP contribution in [0.25, 0.3) is 0 Å². The van der Waals surface area contributed by atoms with E-state index in [1.165, 1.54) is 5.56 Å². The summed E-state index contributed by atoms with van der Waals surface area (Å²) in [4.78, 5) is 13.8. The number of likely N-dealkylation sites (N-methyl/N-ethyl adjacent to an activating group) is 1. The van der Waals surface area contributed by atoms with Crippen molar-refractivity contribution in [2.75, 3.05) is 13.6 Å². The third-order valence-corrected chi connectivity index (χ3v) is 3.51. The van der Waals surface area contributed by atoms with Crippen molar-refractivity contribution in [2.45, 2.75) is 39.7 Å². The lowest BCUT2D eigenvalue weighted by atomic mass is 9.85. The first kappa shape index (κ1) is 15.7. The average Bonchev–Trinajstić information content (AvgIpc) is 2.35. The number of amides is 1. The lowest BCUT2D eigenvalue weighted by Gasteiger charge is -2.28. The molecule has 0 aromatic heterocycles. The van der Waals surface area contributed by atoms with E-state index >= 15 is 0 Å². The Morgan fingerprint density at radius 3 is 2.37 bits per heavy atom. The summed E-state index contributed by atoms with van der Waals surface area (Å²) in [6, 6.07) is 10.1. The number of benzene rings is 1. The van der Waals surface area contributed by atoms with E-state index in [1.54, 1.807) is 4.90 Å². The first-order valence-corrected chi connectivity index (χ1v) is 6.84. The minimum Gasteiger partial charge on any atom is -0.345 e. The first-order valence-electron chi connectivity index (χ1n) is 6.84. The molecule has 3 heteroatoms. The minimum atomic E-state index is -0.0980. The van der Waals surface area contributed by atoms with Gasteiger partial charge in [0.25, 0.3) is 0 Å². The molecule has 106 valence electrons. The number of nitrogens with zero attached hydrogens (tertiary/aromatic N) is 1. The van der Waals surface area contributed by atoms with Crippen molar-refractivity contribution in [3.8, 4) is 0 Å². The van der Waals surface area contributed by atoms with Crippen molar-refractivity contribution in [1.82, 2.24) is 4.90 Å². The molecule has 1 aromatic carbocycles. The summed E-state index contributed by atoms with van der Waals surface area (Å²) in [5, 5.41) is 0. The molecule has 0 aliphatic rings. The molecule has 0 heterocycles. The van der Waals surface area contributed by atoms with E-state index in [0.29, 0.717) is 6.42 Å². The van der Waals surface area contributed by atoms with Gasteiger partial charge in [-0.25, -0.2) is 0 Å². The van der Waals surface area contributed by atoms with Gasteiger partial charge in [0.2, 0.25) is 5.91 Å². The second-order valence-corrected chi connectivity index (χ2v) is 6.23. The highest BCUT2D eigenvalue weighted by molar-refractivity contribution is 5.76. The summed E-state index contributed by atoms with van der Waals surface area (Å²) in [7, 11) is 1.85. The van der Waals surface area contributed by atoms with Crippen molar-refractivity contribution in [3.63, 3.8) is 0 Å². The molecule has 0 fully saturated rings. The van der Waals surface area contributed by atoms with Crippen LogP contribution in [0.4, 0.5) is 0 Å². The Bertz CT molecular complexity index is 395. The Hall–Kier alpha value is -1.35. The summed E-state index contributed by atoms with van der Waals surface area (Å²) < 4.78 is 0. The topological polar surface area (TPSA) is 46.3 Å². The average molecular weight is 262 g/mol. The van der Waals surface area contributed by atoms with Crippen LogP contribution in [-0.2, 0) is 11.2 Å². The SMILES string of the molecule is CN(CCc1ccccc1)C(=O)CC(N)C(C)(C)C. The number of carbonyl (C=O) groups excluding carboxylic acids is 1. The van der Waals surface area contributed by atoms with Crippen molar-refractivity contribution < 1.29 is 4.79 Å². The fraction of sp³-hybridized carbons (Fsp3) is 0.562. The zero-order valence-corrected chi connectivity index (χ0v) is 12.5. The van der Waals surface area contributed by atoms with E-state index in [0.717, 1.165) is 13.0 Å². The van der Waals surface area contributed by atoms with Crippen molar-refractivity contribution in [3.05, 3.63) is 35.9 Å². The standard InChI is InChI=1S/C16H26N2O/c1-16(2,3)14(17)12-15(19)18(4)11-10-13-8-6-5-7-9-13/h5-9,14H,10-12,17H2,1-4H3. The molecular formula is C16H26N2O. The summed E-state index contributed by atoms with van der Waals surface area (Å²) in [6.07, 6.45) is 1.29. The van der Waals surface area contributed by atoms with Gasteiger partial charge < -0.3 is 10.6 Å². The smallest absolute Gasteiger partial charge is 0.223 e. The van der Waals surface area contributed by atoms with Crippen LogP contribution in [0, 0.1) is 5.41 Å². The maximum absolute atomic E-state index is 12.1. The molecule has 1 atom stereocenters. The number of hydrogen-bond donors (Lipinski definition) is 1. The van der Waals surface area contributed by atoms with Crippen LogP contribution in [0.15, 0.2) is 30.3 Å². The van der Waals surface area contributed by atoms with Crippen molar-refractivity contribution >= 4 is 5.91 Å². The number of carbonyl (C=O) groups is 1. The molecule has 0 aliphatic heterocycles. The lowest BCUT2D eigenvalue weighted by molar-refractivity contribution is -0.130. The molecule has 0 bridgehead atoms. The molecule has 1 amide bonds. The van der Waals surface area contributed by atoms with Gasteiger partial charge in [0.1, 0.15) is 0 Å². The zero-order valence-electron chi connectivity index (χ0n) is 12.5. The van der Waals surface area contributed by atoms with E-state index in [-0.39, 0.29) is 17.4 Å². The van der Waals surface area contributed by atoms with E-state index in [9.17, 15) is 4.79 Å². The maximum atomic E-state index is 12.1. The van der Waals surface area contributed by atoms with Crippen LogP contribution in [0.5, 0.6) is 0 Å². The number of hydrogen-bond acceptors (Lipinski definition) is 2. The molecule has 0 radical (unpaired) electrons. The maximum Gasteiger partial charge on any atom is 0.223 e. The third-order valence-electron chi connectivity index (χ3n) is 3.51. The van der Waals surface area contributed by atoms with Crippen molar-refractivity contribution in [2.24, 2.45) is 11.1 Å². The Morgan fingerprint density at radius 1 is 1.26 bits per heavy atom. The van der Waals surface area contributed by atoms with Crippen molar-refractivity contribution in [1.29, 1.82) is 0 Å². The predicted molar refractivity (Wildman–Crippen MR) is 79.8 cm³/mol. The molecule has 3 nitrogen and oxygen atoms in total. The van der Waals surface area contributed by atoms with E-state index in [2.05, 4.69) is 32.9 Å². The van der Waals surface area contributed by atoms with E-state index in [1.807, 2.05) is 25.2 Å². The molecule has 0 spiro atoms. The third kappa shape index (κ3) is 5.43. The highest BCUT2D eigenvalue weighted by Crippen LogP contribution is 2.20. The molecule has 0 saturated carbocycles. The highest BCUT2D eigenvalue weighted by Gasteiger charge is 2.24. The van der Waals surface area contributed by atoms with E-state index in [4.69, 9.17) is 5.73 Å². The van der Waals surface area contributed by atoms with Gasteiger partial charge in [0, 0.05) is 26.1 Å². The lowest BCUT2D eigenvalue weighted by Crippen LogP contribution is -2.41. The normalized spacial score (nSPS) is 13.1. The summed E-state index contributed by atoms with van der Waals surface area (Å²) in [5.41, 5.74) is 7.27. The van der Waals surface area contributed by atoms with Crippen LogP contribution in [0.3, 0.4) is 0 Å². The van der Waals surface area contributed by atoms with Gasteiger partial charge in [-0.1, -0.05) is 51.1 Å². The van der Waals surface area contributed by atoms with Crippen LogP contribution >= 0.6 is 0 Å². The molecule has 19 heavy (non-hydrogen) atoms. The molecule has 0 aliphatic carbocycles. The van der Waals surface area contributed by atoms with E-state index < -0.39 is 0 Å². The molecule has 0 saturated heterocycles. The largest absolute Gasteiger partial charge is 0.345 e. The Kier molecular flexibility index (Phi) is 5.55. The van der Waals surface area contributed by atoms with Gasteiger partial charge in [-0.05, 0) is 17.4 Å². The molecular weight excluding hydrogens is 236 g/mol. The highest BCUT2D eigenvalue weighted by atomic mass is 16.2. The molecule has 2 N–H and O–H groups in total. The molecule has 1 aromatic rings. The monoisotopic (exact) mass is 262 g/mol. The first-order chi connectivity index (χ1) is 8.80. The van der Waals surface area contributed by atoms with Crippen LogP contribution in [0.1, 0.15) is 32.8 Å². The fourth-order valence-electron chi connectivity index (χ4n) is 1.72. The van der Waals surface area contributed by atoms with Gasteiger partial charge in [-0.2, -0.15) is 0 Å². The van der Waals surface area contributed by atoms with Crippen LogP contribution in [0.2, 0.25) is 0 Å². The predicted octanol–water partition coefficient (Wildman–Crippen LogP) is 2.45. The molecule has 1 unspecified atom stereocenters. The Labute approximate surface area is 116 Å². The zero-order chi connectivity index (χ0) is 14.5. The summed E-state index contributed by atoms with van der Waals surface area (Å²) >= 11 is 0. The minimum absolute atomic E-state index is 0.0318. The Balaban J connectivity index is 2.41. The van der Waals surface area contributed by atoms with Gasteiger partial charge >= 0.3 is 0 Å². The number of nitrogens with two attached hydrogens (primary N) is 1. The van der Waals surface area contributed by atoms with Gasteiger partial charge in [-0.15, -0.1) is 0 Å². The number of rotatable bonds is 5. The van der Waals surface area contributed by atoms with Gasteiger partial charge in [0.15, 0.2) is 0 Å². The van der Waals surface area contributed by atoms with Gasteiger partial charge in [-0.3, -0.25) is 4.79 Å². The molecule has 1 rings (SSSR count). The fourth-order valence-corrected chi connectivity index (χ4v) is 1.72. The summed E-state index contributed by atoms with van der Waals surface area (Å²) in [6.45, 7) is 6.93. The van der Waals surface area contributed by atoms with Crippen LogP contribution in [-0.4, -0.2) is 30.4 Å².